The zero-order chi connectivity index (χ0) is 14.8. The monoisotopic (exact) mass is 288 g/mol. The average Bonchev–Trinajstić information content (AvgIpc) is 2.20. The molecular formula is C13H28N2O3Si. The Balaban J connectivity index is 2.83. The molecule has 1 rings (SSSR count). The van der Waals surface area contributed by atoms with Crippen LogP contribution in [0.1, 0.15) is 27.7 Å². The van der Waals surface area contributed by atoms with Crippen molar-refractivity contribution in [3.63, 3.8) is 0 Å². The summed E-state index contributed by atoms with van der Waals surface area (Å²) in [7, 11) is -1.89. The third-order valence-electron chi connectivity index (χ3n) is 4.33. The van der Waals surface area contributed by atoms with Crippen LogP contribution in [-0.2, 0) is 4.43 Å². The van der Waals surface area contributed by atoms with Crippen LogP contribution in [0.4, 0.5) is 4.79 Å². The van der Waals surface area contributed by atoms with Crippen molar-refractivity contribution < 1.29 is 14.3 Å². The summed E-state index contributed by atoms with van der Waals surface area (Å²) in [5.74, 6) is 0.305. The Morgan fingerprint density at radius 3 is 2.42 bits per heavy atom. The molecule has 3 atom stereocenters. The van der Waals surface area contributed by atoms with Gasteiger partial charge in [-0.3, -0.25) is 0 Å². The Kier molecular flexibility index (Phi) is 5.03. The summed E-state index contributed by atoms with van der Waals surface area (Å²) in [6, 6.07) is -0.171. The minimum atomic E-state index is -1.89. The Hall–Kier alpha value is -0.593. The van der Waals surface area contributed by atoms with E-state index in [2.05, 4.69) is 51.4 Å². The number of carbonyl (C=O) groups is 1. The van der Waals surface area contributed by atoms with Crippen LogP contribution in [0.3, 0.4) is 0 Å². The van der Waals surface area contributed by atoms with Gasteiger partial charge in [-0.15, -0.1) is 0 Å². The molecule has 0 bridgehead atoms. The number of amides is 1. The maximum atomic E-state index is 10.9. The van der Waals surface area contributed by atoms with Crippen LogP contribution in [0.15, 0.2) is 0 Å². The van der Waals surface area contributed by atoms with Gasteiger partial charge in [0.2, 0.25) is 0 Å². The number of nitrogens with one attached hydrogen (secondary N) is 2. The van der Waals surface area contributed by atoms with Gasteiger partial charge in [0.1, 0.15) is 0 Å². The summed E-state index contributed by atoms with van der Waals surface area (Å²) < 4.78 is 6.44. The quantitative estimate of drug-likeness (QED) is 0.697. The first-order valence-electron chi connectivity index (χ1n) is 6.92. The van der Waals surface area contributed by atoms with Crippen LogP contribution in [-0.4, -0.2) is 44.8 Å². The molecule has 0 saturated carbocycles. The highest BCUT2D eigenvalue weighted by Crippen LogP contribution is 2.38. The van der Waals surface area contributed by atoms with Crippen molar-refractivity contribution in [2.24, 2.45) is 5.92 Å². The first kappa shape index (κ1) is 16.5. The second-order valence-electron chi connectivity index (χ2n) is 7.03. The molecule has 5 nitrogen and oxygen atoms in total. The van der Waals surface area contributed by atoms with Crippen LogP contribution < -0.4 is 10.6 Å². The molecule has 3 N–H and O–H groups in total. The van der Waals surface area contributed by atoms with E-state index in [0.29, 0.717) is 12.5 Å². The summed E-state index contributed by atoms with van der Waals surface area (Å²) in [5.41, 5.74) is 0. The number of piperidine rings is 1. The second kappa shape index (κ2) is 5.81. The lowest BCUT2D eigenvalue weighted by Crippen LogP contribution is -2.61. The molecule has 1 fully saturated rings. The lowest BCUT2D eigenvalue weighted by atomic mass is 9.94. The molecule has 1 saturated heterocycles. The van der Waals surface area contributed by atoms with E-state index in [4.69, 9.17) is 9.53 Å². The highest BCUT2D eigenvalue weighted by molar-refractivity contribution is 6.74. The van der Waals surface area contributed by atoms with Crippen molar-refractivity contribution in [2.45, 2.75) is 58.0 Å². The molecule has 0 aromatic rings. The largest absolute Gasteiger partial charge is 0.465 e. The Labute approximate surface area is 117 Å². The fourth-order valence-electron chi connectivity index (χ4n) is 2.10. The lowest BCUT2D eigenvalue weighted by molar-refractivity contribution is 0.0635. The predicted octanol–water partition coefficient (Wildman–Crippen LogP) is 2.25. The van der Waals surface area contributed by atoms with Crippen LogP contribution in [0, 0.1) is 5.92 Å². The van der Waals surface area contributed by atoms with Crippen LogP contribution >= 0.6 is 0 Å². The number of hydrogen-bond donors (Lipinski definition) is 3. The van der Waals surface area contributed by atoms with E-state index < -0.39 is 14.4 Å². The molecule has 1 aliphatic heterocycles. The molecule has 1 heterocycles. The summed E-state index contributed by atoms with van der Waals surface area (Å²) in [6.45, 7) is 14.6. The number of carboxylic acid groups (broad SMARTS) is 1. The van der Waals surface area contributed by atoms with Crippen molar-refractivity contribution in [3.8, 4) is 0 Å². The molecule has 0 unspecified atom stereocenters. The van der Waals surface area contributed by atoms with Crippen LogP contribution in [0.2, 0.25) is 18.1 Å². The zero-order valence-electron chi connectivity index (χ0n) is 12.9. The summed E-state index contributed by atoms with van der Waals surface area (Å²) in [4.78, 5) is 10.9. The smallest absolute Gasteiger partial charge is 0.405 e. The normalized spacial score (nSPS) is 29.1. The molecular weight excluding hydrogens is 260 g/mol. The van der Waals surface area contributed by atoms with Gasteiger partial charge < -0.3 is 20.2 Å². The van der Waals surface area contributed by atoms with Crippen molar-refractivity contribution in [1.29, 1.82) is 0 Å². The molecule has 0 spiro atoms. The Morgan fingerprint density at radius 1 is 1.37 bits per heavy atom. The maximum absolute atomic E-state index is 10.9. The van der Waals surface area contributed by atoms with Crippen LogP contribution in [0.5, 0.6) is 0 Å². The lowest BCUT2D eigenvalue weighted by Gasteiger charge is -2.45. The average molecular weight is 288 g/mol. The van der Waals surface area contributed by atoms with Gasteiger partial charge >= 0.3 is 6.09 Å². The molecule has 1 aliphatic rings. The van der Waals surface area contributed by atoms with Crippen molar-refractivity contribution in [3.05, 3.63) is 0 Å². The predicted molar refractivity (Wildman–Crippen MR) is 79.1 cm³/mol. The minimum absolute atomic E-state index is 0.0433. The molecule has 0 aliphatic carbocycles. The SMILES string of the molecule is C[C@@H]1CNC[C@@H](NC(=O)O)[C@H]1O[Si](C)(C)C(C)(C)C. The minimum Gasteiger partial charge on any atom is -0.465 e. The highest BCUT2D eigenvalue weighted by atomic mass is 28.4. The molecule has 0 aromatic heterocycles. The van der Waals surface area contributed by atoms with Gasteiger partial charge in [0, 0.05) is 13.1 Å². The van der Waals surface area contributed by atoms with Gasteiger partial charge in [0.25, 0.3) is 0 Å². The molecule has 0 radical (unpaired) electrons. The molecule has 6 heteroatoms. The molecule has 112 valence electrons. The molecule has 1 amide bonds. The van der Waals surface area contributed by atoms with Gasteiger partial charge in [-0.2, -0.15) is 0 Å². The third-order valence-corrected chi connectivity index (χ3v) is 8.81. The Morgan fingerprint density at radius 2 is 1.95 bits per heavy atom. The van der Waals surface area contributed by atoms with E-state index in [9.17, 15) is 4.79 Å². The van der Waals surface area contributed by atoms with Gasteiger partial charge in [-0.05, 0) is 24.1 Å². The highest BCUT2D eigenvalue weighted by Gasteiger charge is 2.43. The fourth-order valence-corrected chi connectivity index (χ4v) is 3.53. The van der Waals surface area contributed by atoms with E-state index in [0.717, 1.165) is 6.54 Å². The van der Waals surface area contributed by atoms with E-state index in [1.165, 1.54) is 0 Å². The van der Waals surface area contributed by atoms with Gasteiger partial charge in [-0.25, -0.2) is 4.79 Å². The molecule has 19 heavy (non-hydrogen) atoms. The first-order valence-corrected chi connectivity index (χ1v) is 9.83. The Bertz CT molecular complexity index is 328. The topological polar surface area (TPSA) is 70.6 Å². The number of hydrogen-bond acceptors (Lipinski definition) is 3. The summed E-state index contributed by atoms with van der Waals surface area (Å²) in [5, 5.41) is 14.9. The standard InChI is InChI=1S/C13H28N2O3Si/c1-9-7-14-8-10(15-12(16)17)11(9)18-19(5,6)13(2,3)4/h9-11,14-15H,7-8H2,1-6H3,(H,16,17)/t9-,10-,11+/m1/s1. The van der Waals surface area contributed by atoms with E-state index in [-0.39, 0.29) is 17.2 Å². The third kappa shape index (κ3) is 4.19. The van der Waals surface area contributed by atoms with Gasteiger partial charge in [-0.1, -0.05) is 27.7 Å². The fraction of sp³-hybridized carbons (Fsp3) is 0.923. The van der Waals surface area contributed by atoms with Crippen molar-refractivity contribution in [1.82, 2.24) is 10.6 Å². The number of rotatable bonds is 3. The summed E-state index contributed by atoms with van der Waals surface area (Å²) >= 11 is 0. The van der Waals surface area contributed by atoms with E-state index >= 15 is 0 Å². The molecule has 0 aromatic carbocycles. The zero-order valence-corrected chi connectivity index (χ0v) is 13.9. The maximum Gasteiger partial charge on any atom is 0.405 e. The first-order chi connectivity index (χ1) is 8.54. The van der Waals surface area contributed by atoms with Crippen molar-refractivity contribution in [2.75, 3.05) is 13.1 Å². The van der Waals surface area contributed by atoms with Crippen molar-refractivity contribution >= 4 is 14.4 Å². The van der Waals surface area contributed by atoms with Gasteiger partial charge in [0.05, 0.1) is 12.1 Å². The van der Waals surface area contributed by atoms with Gasteiger partial charge in [0.15, 0.2) is 8.32 Å². The second-order valence-corrected chi connectivity index (χ2v) is 11.8. The summed E-state index contributed by atoms with van der Waals surface area (Å²) in [6.07, 6.45) is -1.03. The van der Waals surface area contributed by atoms with E-state index in [1.807, 2.05) is 0 Å². The van der Waals surface area contributed by atoms with Crippen LogP contribution in [0.25, 0.3) is 0 Å². The van der Waals surface area contributed by atoms with E-state index in [1.54, 1.807) is 0 Å².